The SMILES string of the molecule is O=C(CN=C(CS(=O)O)C(=O)O)OCC1c2ccccc2-c2ccccc21. The number of rotatable bonds is 7. The maximum atomic E-state index is 12.0. The van der Waals surface area contributed by atoms with Crippen LogP contribution in [0.25, 0.3) is 11.1 Å². The third kappa shape index (κ3) is 4.29. The Morgan fingerprint density at radius 1 is 1.04 bits per heavy atom. The zero-order chi connectivity index (χ0) is 19.4. The number of nitrogens with zero attached hydrogens (tertiary/aromatic N) is 1. The van der Waals surface area contributed by atoms with Crippen LogP contribution in [0.2, 0.25) is 0 Å². The van der Waals surface area contributed by atoms with E-state index in [0.717, 1.165) is 22.3 Å². The first-order valence-electron chi connectivity index (χ1n) is 8.15. The lowest BCUT2D eigenvalue weighted by molar-refractivity contribution is -0.142. The van der Waals surface area contributed by atoms with Crippen LogP contribution in [0.4, 0.5) is 0 Å². The number of carbonyl (C=O) groups is 2. The van der Waals surface area contributed by atoms with Gasteiger partial charge in [-0.25, -0.2) is 9.00 Å². The third-order valence-electron chi connectivity index (χ3n) is 4.28. The number of benzene rings is 2. The predicted molar refractivity (Wildman–Crippen MR) is 100 cm³/mol. The van der Waals surface area contributed by atoms with Crippen molar-refractivity contribution >= 4 is 28.7 Å². The number of aliphatic imine (C=N–C) groups is 1. The number of carbonyl (C=O) groups excluding carboxylic acids is 1. The summed E-state index contributed by atoms with van der Waals surface area (Å²) in [5.74, 6) is -2.89. The van der Waals surface area contributed by atoms with Crippen molar-refractivity contribution in [2.75, 3.05) is 18.9 Å². The molecular weight excluding hydrogens is 370 g/mol. The average molecular weight is 387 g/mol. The van der Waals surface area contributed by atoms with Crippen LogP contribution < -0.4 is 0 Å². The first-order chi connectivity index (χ1) is 13.0. The molecule has 0 amide bonds. The summed E-state index contributed by atoms with van der Waals surface area (Å²) in [7, 11) is 0. The van der Waals surface area contributed by atoms with Crippen molar-refractivity contribution in [3.63, 3.8) is 0 Å². The minimum absolute atomic E-state index is 0.103. The van der Waals surface area contributed by atoms with E-state index in [9.17, 15) is 13.8 Å². The molecule has 0 aliphatic heterocycles. The molecule has 0 aromatic heterocycles. The lowest BCUT2D eigenvalue weighted by Crippen LogP contribution is -2.23. The van der Waals surface area contributed by atoms with Gasteiger partial charge in [0.2, 0.25) is 0 Å². The highest BCUT2D eigenvalue weighted by molar-refractivity contribution is 7.80. The Morgan fingerprint density at radius 3 is 2.11 bits per heavy atom. The van der Waals surface area contributed by atoms with E-state index in [-0.39, 0.29) is 12.5 Å². The van der Waals surface area contributed by atoms with Gasteiger partial charge < -0.3 is 14.4 Å². The summed E-state index contributed by atoms with van der Waals surface area (Å²) in [6.45, 7) is -0.411. The van der Waals surface area contributed by atoms with Crippen molar-refractivity contribution in [3.8, 4) is 11.1 Å². The second-order valence-electron chi connectivity index (χ2n) is 5.94. The first kappa shape index (κ1) is 18.9. The average Bonchev–Trinajstić information content (AvgIpc) is 2.97. The molecule has 0 spiro atoms. The highest BCUT2D eigenvalue weighted by Crippen LogP contribution is 2.44. The monoisotopic (exact) mass is 387 g/mol. The second kappa shape index (κ2) is 8.24. The van der Waals surface area contributed by atoms with Gasteiger partial charge in [-0.3, -0.25) is 9.79 Å². The van der Waals surface area contributed by atoms with Gasteiger partial charge in [0.1, 0.15) is 18.9 Å². The fraction of sp³-hybridized carbons (Fsp3) is 0.211. The van der Waals surface area contributed by atoms with Crippen LogP contribution in [0.15, 0.2) is 53.5 Å². The lowest BCUT2D eigenvalue weighted by atomic mass is 9.98. The zero-order valence-electron chi connectivity index (χ0n) is 14.2. The number of ether oxygens (including phenoxy) is 1. The van der Waals surface area contributed by atoms with Crippen molar-refractivity contribution in [3.05, 3.63) is 59.7 Å². The topological polar surface area (TPSA) is 113 Å². The number of fused-ring (bicyclic) bond motifs is 3. The largest absolute Gasteiger partial charge is 0.477 e. The van der Waals surface area contributed by atoms with E-state index in [0.29, 0.717) is 0 Å². The number of carboxylic acids is 1. The fourth-order valence-corrected chi connectivity index (χ4v) is 3.56. The molecule has 1 aliphatic carbocycles. The predicted octanol–water partition coefficient (Wildman–Crippen LogP) is 2.09. The number of aliphatic carboxylic acids is 1. The van der Waals surface area contributed by atoms with Gasteiger partial charge in [-0.2, -0.15) is 0 Å². The van der Waals surface area contributed by atoms with Gasteiger partial charge >= 0.3 is 11.9 Å². The van der Waals surface area contributed by atoms with Crippen molar-refractivity contribution in [2.45, 2.75) is 5.92 Å². The number of hydrogen-bond acceptors (Lipinski definition) is 5. The molecule has 2 N–H and O–H groups in total. The number of carboxylic acid groups (broad SMARTS) is 1. The van der Waals surface area contributed by atoms with Crippen LogP contribution in [0.3, 0.4) is 0 Å². The molecule has 1 aliphatic rings. The molecule has 140 valence electrons. The Kier molecular flexibility index (Phi) is 5.78. The van der Waals surface area contributed by atoms with Crippen LogP contribution in [0.5, 0.6) is 0 Å². The van der Waals surface area contributed by atoms with E-state index in [4.69, 9.17) is 14.4 Å². The number of esters is 1. The second-order valence-corrected chi connectivity index (χ2v) is 6.88. The molecule has 0 bridgehead atoms. The zero-order valence-corrected chi connectivity index (χ0v) is 15.0. The van der Waals surface area contributed by atoms with Crippen LogP contribution in [-0.2, 0) is 25.4 Å². The van der Waals surface area contributed by atoms with Gasteiger partial charge in [0, 0.05) is 5.92 Å². The Balaban J connectivity index is 1.69. The van der Waals surface area contributed by atoms with Crippen LogP contribution in [-0.4, -0.2) is 50.4 Å². The van der Waals surface area contributed by atoms with Crippen LogP contribution in [0, 0.1) is 0 Å². The molecule has 0 fully saturated rings. The Morgan fingerprint density at radius 2 is 1.59 bits per heavy atom. The quantitative estimate of drug-likeness (QED) is 0.427. The van der Waals surface area contributed by atoms with Crippen molar-refractivity contribution in [1.29, 1.82) is 0 Å². The Bertz CT molecular complexity index is 894. The molecular formula is C19H17NO6S. The summed E-state index contributed by atoms with van der Waals surface area (Å²) in [6, 6.07) is 15.8. The van der Waals surface area contributed by atoms with E-state index in [1.807, 2.05) is 48.5 Å². The minimum Gasteiger partial charge on any atom is -0.477 e. The van der Waals surface area contributed by atoms with Gasteiger partial charge in [0.15, 0.2) is 11.1 Å². The van der Waals surface area contributed by atoms with E-state index >= 15 is 0 Å². The first-order valence-corrected chi connectivity index (χ1v) is 9.43. The highest BCUT2D eigenvalue weighted by Gasteiger charge is 2.28. The summed E-state index contributed by atoms with van der Waals surface area (Å²) < 4.78 is 24.8. The molecule has 27 heavy (non-hydrogen) atoms. The van der Waals surface area contributed by atoms with Crippen LogP contribution >= 0.6 is 0 Å². The van der Waals surface area contributed by atoms with Gasteiger partial charge in [-0.15, -0.1) is 0 Å². The van der Waals surface area contributed by atoms with Gasteiger partial charge in [-0.05, 0) is 22.3 Å². The molecule has 0 saturated carbocycles. The molecule has 3 rings (SSSR count). The van der Waals surface area contributed by atoms with E-state index in [1.54, 1.807) is 0 Å². The van der Waals surface area contributed by atoms with Crippen molar-refractivity contribution in [2.24, 2.45) is 4.99 Å². The molecule has 0 heterocycles. The smallest absolute Gasteiger partial charge is 0.350 e. The third-order valence-corrected chi connectivity index (χ3v) is 4.80. The van der Waals surface area contributed by atoms with E-state index in [2.05, 4.69) is 4.99 Å². The summed E-state index contributed by atoms with van der Waals surface area (Å²) in [6.07, 6.45) is 0. The van der Waals surface area contributed by atoms with E-state index in [1.165, 1.54) is 0 Å². The van der Waals surface area contributed by atoms with Crippen molar-refractivity contribution in [1.82, 2.24) is 0 Å². The molecule has 0 saturated heterocycles. The Hall–Kier alpha value is -2.84. The van der Waals surface area contributed by atoms with Gasteiger partial charge in [-0.1, -0.05) is 48.5 Å². The molecule has 2 aromatic carbocycles. The molecule has 1 unspecified atom stereocenters. The normalized spacial score (nSPS) is 14.3. The number of hydrogen-bond donors (Lipinski definition) is 2. The summed E-state index contributed by atoms with van der Waals surface area (Å²) in [5, 5.41) is 8.93. The molecule has 2 aromatic rings. The molecule has 7 nitrogen and oxygen atoms in total. The summed E-state index contributed by atoms with van der Waals surface area (Å²) in [4.78, 5) is 26.5. The Labute approximate surface area is 158 Å². The maximum absolute atomic E-state index is 12.0. The maximum Gasteiger partial charge on any atom is 0.350 e. The molecule has 1 atom stereocenters. The summed E-state index contributed by atoms with van der Waals surface area (Å²) in [5.41, 5.74) is 3.80. The standard InChI is InChI=1S/C19H17NO6S/c21-18(9-20-17(19(22)23)11-27(24)25)26-10-16-14-7-3-1-5-12(14)13-6-2-4-8-15(13)16/h1-8,16H,9-11H2,(H,22,23)(H,24,25). The van der Waals surface area contributed by atoms with Gasteiger partial charge in [0.25, 0.3) is 0 Å². The van der Waals surface area contributed by atoms with Crippen molar-refractivity contribution < 1.29 is 28.2 Å². The fourth-order valence-electron chi connectivity index (χ4n) is 3.11. The van der Waals surface area contributed by atoms with Gasteiger partial charge in [0.05, 0.1) is 5.75 Å². The lowest BCUT2D eigenvalue weighted by Gasteiger charge is -2.13. The minimum atomic E-state index is -2.35. The molecule has 0 radical (unpaired) electrons. The molecule has 8 heteroatoms. The van der Waals surface area contributed by atoms with Crippen LogP contribution in [0.1, 0.15) is 17.0 Å². The van der Waals surface area contributed by atoms with E-state index < -0.39 is 41.0 Å². The highest BCUT2D eigenvalue weighted by atomic mass is 32.2. The summed E-state index contributed by atoms with van der Waals surface area (Å²) >= 11 is -2.35.